The van der Waals surface area contributed by atoms with Gasteiger partial charge in [-0.05, 0) is 30.7 Å². The summed E-state index contributed by atoms with van der Waals surface area (Å²) in [5, 5.41) is 1.31. The highest BCUT2D eigenvalue weighted by molar-refractivity contribution is 5.83. The minimum Gasteiger partial charge on any atom is -0.314 e. The van der Waals surface area contributed by atoms with E-state index in [1.54, 1.807) is 0 Å². The third kappa shape index (κ3) is 1.64. The molecule has 0 saturated carbocycles. The summed E-state index contributed by atoms with van der Waals surface area (Å²) >= 11 is 0. The van der Waals surface area contributed by atoms with Crippen LogP contribution < -0.4 is 0 Å². The van der Waals surface area contributed by atoms with Crippen molar-refractivity contribution in [3.8, 4) is 5.69 Å². The van der Waals surface area contributed by atoms with Gasteiger partial charge in [0.2, 0.25) is 0 Å². The van der Waals surface area contributed by atoms with E-state index in [4.69, 9.17) is 0 Å². The summed E-state index contributed by atoms with van der Waals surface area (Å²) in [6.07, 6.45) is 1.05. The molecule has 0 amide bonds. The van der Waals surface area contributed by atoms with Crippen molar-refractivity contribution >= 4 is 10.9 Å². The molecule has 1 aromatic heterocycles. The lowest BCUT2D eigenvalue weighted by Gasteiger charge is -2.09. The maximum absolute atomic E-state index is 2.34. The zero-order valence-electron chi connectivity index (χ0n) is 9.93. The number of para-hydroxylation sites is 2. The first kappa shape index (κ1) is 10.2. The van der Waals surface area contributed by atoms with Crippen LogP contribution in [0.15, 0.2) is 60.7 Å². The zero-order valence-corrected chi connectivity index (χ0v) is 9.93. The van der Waals surface area contributed by atoms with Gasteiger partial charge >= 0.3 is 0 Å². The van der Waals surface area contributed by atoms with Gasteiger partial charge in [0.05, 0.1) is 5.52 Å². The Bertz CT molecular complexity index is 635. The Balaban J connectivity index is 2.34. The Hall–Kier alpha value is -2.02. The minimum atomic E-state index is 1.05. The lowest BCUT2D eigenvalue weighted by Crippen LogP contribution is -1.98. The van der Waals surface area contributed by atoms with Gasteiger partial charge < -0.3 is 4.57 Å². The predicted octanol–water partition coefficient (Wildman–Crippen LogP) is 4.19. The molecule has 0 spiro atoms. The van der Waals surface area contributed by atoms with Gasteiger partial charge in [-0.2, -0.15) is 0 Å². The molecule has 0 radical (unpaired) electrons. The van der Waals surface area contributed by atoms with Crippen molar-refractivity contribution in [2.45, 2.75) is 13.3 Å². The van der Waals surface area contributed by atoms with Crippen molar-refractivity contribution in [3.05, 3.63) is 66.4 Å². The van der Waals surface area contributed by atoms with Crippen LogP contribution in [0.2, 0.25) is 0 Å². The molecule has 0 aliphatic carbocycles. The fraction of sp³-hybridized carbons (Fsp3) is 0.125. The van der Waals surface area contributed by atoms with E-state index < -0.39 is 0 Å². The predicted molar refractivity (Wildman–Crippen MR) is 72.7 cm³/mol. The van der Waals surface area contributed by atoms with Gasteiger partial charge in [-0.3, -0.25) is 0 Å². The summed E-state index contributed by atoms with van der Waals surface area (Å²) in [5.74, 6) is 0. The number of nitrogens with zero attached hydrogens (tertiary/aromatic N) is 1. The van der Waals surface area contributed by atoms with Crippen molar-refractivity contribution in [3.63, 3.8) is 0 Å². The average Bonchev–Trinajstić information content (AvgIpc) is 2.78. The molecule has 0 N–H and O–H groups in total. The molecule has 0 fully saturated rings. The van der Waals surface area contributed by atoms with Crippen molar-refractivity contribution in [2.75, 3.05) is 0 Å². The smallest absolute Gasteiger partial charge is 0.0531 e. The van der Waals surface area contributed by atoms with Crippen LogP contribution in [-0.2, 0) is 6.42 Å². The van der Waals surface area contributed by atoms with Gasteiger partial charge in [0.15, 0.2) is 0 Å². The highest BCUT2D eigenvalue weighted by Gasteiger charge is 2.07. The van der Waals surface area contributed by atoms with Crippen LogP contribution in [-0.4, -0.2) is 4.57 Å². The van der Waals surface area contributed by atoms with E-state index >= 15 is 0 Å². The third-order valence-electron chi connectivity index (χ3n) is 3.16. The maximum Gasteiger partial charge on any atom is 0.0531 e. The van der Waals surface area contributed by atoms with E-state index in [-0.39, 0.29) is 0 Å². The molecule has 1 nitrogen and oxygen atoms in total. The van der Waals surface area contributed by atoms with Crippen LogP contribution in [0.25, 0.3) is 16.6 Å². The fourth-order valence-corrected chi connectivity index (χ4v) is 2.35. The molecule has 0 saturated heterocycles. The Morgan fingerprint density at radius 1 is 0.882 bits per heavy atom. The number of benzene rings is 2. The normalized spacial score (nSPS) is 10.9. The molecule has 0 bridgehead atoms. The second kappa shape index (κ2) is 4.10. The molecular formula is C16H15N. The van der Waals surface area contributed by atoms with Crippen LogP contribution in [0, 0.1) is 0 Å². The van der Waals surface area contributed by atoms with Gasteiger partial charge in [0.25, 0.3) is 0 Å². The molecule has 0 aliphatic heterocycles. The first-order chi connectivity index (χ1) is 8.40. The van der Waals surface area contributed by atoms with Gasteiger partial charge in [-0.25, -0.2) is 0 Å². The first-order valence-corrected chi connectivity index (χ1v) is 6.05. The third-order valence-corrected chi connectivity index (χ3v) is 3.16. The van der Waals surface area contributed by atoms with Gasteiger partial charge in [0, 0.05) is 16.8 Å². The van der Waals surface area contributed by atoms with E-state index in [2.05, 4.69) is 72.2 Å². The number of hydrogen-bond donors (Lipinski definition) is 0. The van der Waals surface area contributed by atoms with Crippen molar-refractivity contribution < 1.29 is 0 Å². The molecule has 84 valence electrons. The first-order valence-electron chi connectivity index (χ1n) is 6.05. The monoisotopic (exact) mass is 221 g/mol. The molecule has 3 aromatic rings. The average molecular weight is 221 g/mol. The summed E-state index contributed by atoms with van der Waals surface area (Å²) in [4.78, 5) is 0. The van der Waals surface area contributed by atoms with E-state index in [0.717, 1.165) is 6.42 Å². The van der Waals surface area contributed by atoms with Gasteiger partial charge in [0.1, 0.15) is 0 Å². The quantitative estimate of drug-likeness (QED) is 0.611. The van der Waals surface area contributed by atoms with Crippen LogP contribution >= 0.6 is 0 Å². The molecule has 0 aliphatic rings. The number of fused-ring (bicyclic) bond motifs is 1. The van der Waals surface area contributed by atoms with Crippen LogP contribution in [0.3, 0.4) is 0 Å². The number of rotatable bonds is 2. The summed E-state index contributed by atoms with van der Waals surface area (Å²) in [6, 6.07) is 21.4. The largest absolute Gasteiger partial charge is 0.314 e. The lowest BCUT2D eigenvalue weighted by atomic mass is 10.2. The zero-order chi connectivity index (χ0) is 11.7. The van der Waals surface area contributed by atoms with E-state index in [9.17, 15) is 0 Å². The van der Waals surface area contributed by atoms with Crippen molar-refractivity contribution in [2.24, 2.45) is 0 Å². The van der Waals surface area contributed by atoms with Gasteiger partial charge in [-0.15, -0.1) is 0 Å². The molecule has 17 heavy (non-hydrogen) atoms. The molecule has 0 atom stereocenters. The summed E-state index contributed by atoms with van der Waals surface area (Å²) in [7, 11) is 0. The SMILES string of the molecule is CCc1cc2ccccc2n1-c1ccccc1. The molecule has 2 aromatic carbocycles. The Labute approximate surface area is 101 Å². The second-order valence-electron chi connectivity index (χ2n) is 4.22. The highest BCUT2D eigenvalue weighted by atomic mass is 15.0. The van der Waals surface area contributed by atoms with Gasteiger partial charge in [-0.1, -0.05) is 43.3 Å². The fourth-order valence-electron chi connectivity index (χ4n) is 2.35. The minimum absolute atomic E-state index is 1.05. The standard InChI is InChI=1S/C16H15N/c1-2-14-12-13-8-6-7-11-16(13)17(14)15-9-4-3-5-10-15/h3-12H,2H2,1H3. The molecule has 1 heteroatoms. The Kier molecular flexibility index (Phi) is 2.45. The lowest BCUT2D eigenvalue weighted by molar-refractivity contribution is 0.961. The van der Waals surface area contributed by atoms with Crippen LogP contribution in [0.1, 0.15) is 12.6 Å². The topological polar surface area (TPSA) is 4.93 Å². The number of aryl methyl sites for hydroxylation is 1. The van der Waals surface area contributed by atoms with Crippen molar-refractivity contribution in [1.29, 1.82) is 0 Å². The second-order valence-corrected chi connectivity index (χ2v) is 4.22. The summed E-state index contributed by atoms with van der Waals surface area (Å²) < 4.78 is 2.34. The van der Waals surface area contributed by atoms with E-state index in [1.165, 1.54) is 22.3 Å². The van der Waals surface area contributed by atoms with Crippen molar-refractivity contribution in [1.82, 2.24) is 4.57 Å². The summed E-state index contributed by atoms with van der Waals surface area (Å²) in [6.45, 7) is 2.20. The molecule has 1 heterocycles. The molecular weight excluding hydrogens is 206 g/mol. The molecule has 0 unspecified atom stereocenters. The highest BCUT2D eigenvalue weighted by Crippen LogP contribution is 2.24. The van der Waals surface area contributed by atoms with E-state index in [1.807, 2.05) is 0 Å². The molecule has 3 rings (SSSR count). The summed E-state index contributed by atoms with van der Waals surface area (Å²) in [5.41, 5.74) is 3.89. The number of aromatic nitrogens is 1. The van der Waals surface area contributed by atoms with Crippen LogP contribution in [0.4, 0.5) is 0 Å². The maximum atomic E-state index is 2.34. The Morgan fingerprint density at radius 3 is 2.35 bits per heavy atom. The van der Waals surface area contributed by atoms with E-state index in [0.29, 0.717) is 0 Å². The number of hydrogen-bond acceptors (Lipinski definition) is 0. The van der Waals surface area contributed by atoms with Crippen LogP contribution in [0.5, 0.6) is 0 Å². The Morgan fingerprint density at radius 2 is 1.59 bits per heavy atom.